The second kappa shape index (κ2) is 5.12. The van der Waals surface area contributed by atoms with Gasteiger partial charge in [0.25, 0.3) is 5.22 Å². The predicted octanol–water partition coefficient (Wildman–Crippen LogP) is 3.59. The highest BCUT2D eigenvalue weighted by Crippen LogP contribution is 2.36. The third-order valence-corrected chi connectivity index (χ3v) is 3.88. The van der Waals surface area contributed by atoms with Gasteiger partial charge in [-0.15, -0.1) is 0 Å². The van der Waals surface area contributed by atoms with Crippen LogP contribution in [0.4, 0.5) is 0 Å². The molecule has 0 atom stereocenters. The third-order valence-electron chi connectivity index (χ3n) is 2.42. The number of rotatable bonds is 3. The highest BCUT2D eigenvalue weighted by Gasteiger charge is 2.13. The number of aliphatic hydroxyl groups is 1. The van der Waals surface area contributed by atoms with Crippen molar-refractivity contribution in [2.24, 2.45) is 0 Å². The van der Waals surface area contributed by atoms with Gasteiger partial charge in [-0.25, -0.2) is 4.98 Å². The van der Waals surface area contributed by atoms with Gasteiger partial charge in [0.1, 0.15) is 5.76 Å². The topological polar surface area (TPSA) is 46.3 Å². The van der Waals surface area contributed by atoms with Gasteiger partial charge in [0.15, 0.2) is 0 Å². The molecule has 0 amide bonds. The number of hydrogen-bond donors (Lipinski definition) is 1. The fraction of sp³-hybridized carbons (Fsp3) is 0.250. The molecule has 0 saturated carbocycles. The van der Waals surface area contributed by atoms with E-state index in [1.807, 2.05) is 26.0 Å². The summed E-state index contributed by atoms with van der Waals surface area (Å²) in [5, 5.41) is 10.4. The Balaban J connectivity index is 2.35. The molecule has 90 valence electrons. The van der Waals surface area contributed by atoms with Crippen molar-refractivity contribution >= 4 is 23.4 Å². The van der Waals surface area contributed by atoms with E-state index in [-0.39, 0.29) is 6.61 Å². The van der Waals surface area contributed by atoms with Crippen LogP contribution in [0.2, 0.25) is 5.02 Å². The number of benzene rings is 1. The van der Waals surface area contributed by atoms with E-state index in [1.54, 1.807) is 6.07 Å². The Labute approximate surface area is 109 Å². The van der Waals surface area contributed by atoms with Crippen LogP contribution in [0.25, 0.3) is 0 Å². The van der Waals surface area contributed by atoms with Crippen molar-refractivity contribution in [3.63, 3.8) is 0 Å². The van der Waals surface area contributed by atoms with Crippen molar-refractivity contribution in [1.29, 1.82) is 0 Å². The van der Waals surface area contributed by atoms with E-state index in [9.17, 15) is 5.11 Å². The van der Waals surface area contributed by atoms with E-state index in [0.717, 1.165) is 21.9 Å². The largest absolute Gasteiger partial charge is 0.436 e. The molecule has 2 aromatic rings. The molecule has 5 heteroatoms. The summed E-state index contributed by atoms with van der Waals surface area (Å²) in [7, 11) is 0. The van der Waals surface area contributed by atoms with Gasteiger partial charge in [-0.2, -0.15) is 0 Å². The molecular formula is C12H12ClNO2S. The Kier molecular flexibility index (Phi) is 3.76. The quantitative estimate of drug-likeness (QED) is 0.925. The zero-order valence-electron chi connectivity index (χ0n) is 9.53. The number of aliphatic hydroxyl groups excluding tert-OH is 1. The van der Waals surface area contributed by atoms with Crippen LogP contribution >= 0.6 is 23.4 Å². The molecular weight excluding hydrogens is 258 g/mol. The summed E-state index contributed by atoms with van der Waals surface area (Å²) < 4.78 is 5.48. The third kappa shape index (κ3) is 2.65. The van der Waals surface area contributed by atoms with E-state index in [1.165, 1.54) is 11.8 Å². The Bertz CT molecular complexity index is 520. The molecule has 0 spiro atoms. The lowest BCUT2D eigenvalue weighted by Crippen LogP contribution is -1.88. The fourth-order valence-corrected chi connectivity index (χ4v) is 2.63. The zero-order chi connectivity index (χ0) is 12.4. The van der Waals surface area contributed by atoms with Gasteiger partial charge in [-0.3, -0.25) is 0 Å². The predicted molar refractivity (Wildman–Crippen MR) is 67.5 cm³/mol. The molecule has 0 aliphatic rings. The van der Waals surface area contributed by atoms with Gasteiger partial charge in [-0.1, -0.05) is 23.7 Å². The molecule has 0 aliphatic heterocycles. The van der Waals surface area contributed by atoms with Crippen LogP contribution in [0, 0.1) is 13.8 Å². The number of oxazole rings is 1. The van der Waals surface area contributed by atoms with Crippen molar-refractivity contribution in [2.75, 3.05) is 0 Å². The van der Waals surface area contributed by atoms with Crippen LogP contribution in [0.1, 0.15) is 17.0 Å². The SMILES string of the molecule is Cc1nc(Sc2c(Cl)cccc2CO)oc1C. The minimum absolute atomic E-state index is 0.0540. The number of halogens is 1. The second-order valence-electron chi connectivity index (χ2n) is 3.61. The molecule has 0 saturated heterocycles. The summed E-state index contributed by atoms with van der Waals surface area (Å²) in [5.74, 6) is 0.796. The summed E-state index contributed by atoms with van der Waals surface area (Å²) in [6.45, 7) is 3.70. The Morgan fingerprint density at radius 3 is 2.76 bits per heavy atom. The molecule has 3 nitrogen and oxygen atoms in total. The van der Waals surface area contributed by atoms with Crippen LogP contribution in [-0.4, -0.2) is 10.1 Å². The number of hydrogen-bond acceptors (Lipinski definition) is 4. The van der Waals surface area contributed by atoms with E-state index >= 15 is 0 Å². The average molecular weight is 270 g/mol. The summed E-state index contributed by atoms with van der Waals surface area (Å²) >= 11 is 7.43. The normalized spacial score (nSPS) is 10.8. The lowest BCUT2D eigenvalue weighted by molar-refractivity contribution is 0.279. The maximum Gasteiger partial charge on any atom is 0.261 e. The summed E-state index contributed by atoms with van der Waals surface area (Å²) in [6.07, 6.45) is 0. The summed E-state index contributed by atoms with van der Waals surface area (Å²) in [4.78, 5) is 5.07. The molecule has 1 N–H and O–H groups in total. The first-order valence-electron chi connectivity index (χ1n) is 5.12. The zero-order valence-corrected chi connectivity index (χ0v) is 11.1. The van der Waals surface area contributed by atoms with Crippen LogP contribution < -0.4 is 0 Å². The number of nitrogens with zero attached hydrogens (tertiary/aromatic N) is 1. The number of aromatic nitrogens is 1. The van der Waals surface area contributed by atoms with Crippen LogP contribution in [0.3, 0.4) is 0 Å². The Morgan fingerprint density at radius 2 is 2.18 bits per heavy atom. The lowest BCUT2D eigenvalue weighted by Gasteiger charge is -2.06. The van der Waals surface area contributed by atoms with E-state index in [2.05, 4.69) is 4.98 Å². The fourth-order valence-electron chi connectivity index (χ4n) is 1.37. The van der Waals surface area contributed by atoms with Crippen molar-refractivity contribution in [3.05, 3.63) is 40.2 Å². The van der Waals surface area contributed by atoms with Gasteiger partial charge in [0, 0.05) is 4.90 Å². The van der Waals surface area contributed by atoms with Gasteiger partial charge < -0.3 is 9.52 Å². The van der Waals surface area contributed by atoms with Gasteiger partial charge in [-0.05, 0) is 37.2 Å². The van der Waals surface area contributed by atoms with Gasteiger partial charge >= 0.3 is 0 Å². The summed E-state index contributed by atoms with van der Waals surface area (Å²) in [5.41, 5.74) is 1.64. The smallest absolute Gasteiger partial charge is 0.261 e. The van der Waals surface area contributed by atoms with Gasteiger partial charge in [0.2, 0.25) is 0 Å². The van der Waals surface area contributed by atoms with Crippen LogP contribution in [0.15, 0.2) is 32.7 Å². The molecule has 0 unspecified atom stereocenters. The van der Waals surface area contributed by atoms with E-state index < -0.39 is 0 Å². The van der Waals surface area contributed by atoms with E-state index in [0.29, 0.717) is 10.2 Å². The van der Waals surface area contributed by atoms with Crippen LogP contribution in [-0.2, 0) is 6.61 Å². The van der Waals surface area contributed by atoms with Crippen molar-refractivity contribution in [1.82, 2.24) is 4.98 Å². The average Bonchev–Trinajstić information content (AvgIpc) is 2.61. The Hall–Kier alpha value is -0.970. The van der Waals surface area contributed by atoms with E-state index in [4.69, 9.17) is 16.0 Å². The number of aryl methyl sites for hydroxylation is 2. The van der Waals surface area contributed by atoms with Crippen LogP contribution in [0.5, 0.6) is 0 Å². The standard InChI is InChI=1S/C12H12ClNO2S/c1-7-8(2)16-12(14-7)17-11-9(6-15)4-3-5-10(11)13/h3-5,15H,6H2,1-2H3. The van der Waals surface area contributed by atoms with Crippen molar-refractivity contribution in [3.8, 4) is 0 Å². The lowest BCUT2D eigenvalue weighted by atomic mass is 10.2. The molecule has 0 radical (unpaired) electrons. The molecule has 1 aromatic heterocycles. The molecule has 0 bridgehead atoms. The molecule has 2 rings (SSSR count). The first-order chi connectivity index (χ1) is 8.11. The molecule has 17 heavy (non-hydrogen) atoms. The summed E-state index contributed by atoms with van der Waals surface area (Å²) in [6, 6.07) is 5.42. The van der Waals surface area contributed by atoms with Gasteiger partial charge in [0.05, 0.1) is 17.3 Å². The van der Waals surface area contributed by atoms with Crippen molar-refractivity contribution < 1.29 is 9.52 Å². The highest BCUT2D eigenvalue weighted by atomic mass is 35.5. The second-order valence-corrected chi connectivity index (χ2v) is 4.98. The monoisotopic (exact) mass is 269 g/mol. The minimum atomic E-state index is -0.0540. The minimum Gasteiger partial charge on any atom is -0.436 e. The van der Waals surface area contributed by atoms with Crippen molar-refractivity contribution in [2.45, 2.75) is 30.6 Å². The molecule has 0 aliphatic carbocycles. The first kappa shape index (κ1) is 12.5. The Morgan fingerprint density at radius 1 is 1.41 bits per heavy atom. The molecule has 1 heterocycles. The maximum absolute atomic E-state index is 9.26. The first-order valence-corrected chi connectivity index (χ1v) is 6.31. The maximum atomic E-state index is 9.26. The molecule has 1 aromatic carbocycles. The highest BCUT2D eigenvalue weighted by molar-refractivity contribution is 7.99. The molecule has 0 fully saturated rings.